The number of nitrogens with zero attached hydrogens (tertiary/aromatic N) is 1. The van der Waals surface area contributed by atoms with Crippen LogP contribution >= 0.6 is 0 Å². The fourth-order valence-corrected chi connectivity index (χ4v) is 2.46. The molecule has 0 aromatic heterocycles. The van der Waals surface area contributed by atoms with Crippen molar-refractivity contribution in [2.45, 2.75) is 45.1 Å². The molecule has 90 valence electrons. The molecule has 1 aliphatic rings. The molecule has 1 unspecified atom stereocenters. The van der Waals surface area contributed by atoms with Crippen LogP contribution in [-0.4, -0.2) is 47.5 Å². The number of hydrogen-bond donors (Lipinski definition) is 2. The van der Waals surface area contributed by atoms with Crippen molar-refractivity contribution in [3.05, 3.63) is 0 Å². The van der Waals surface area contributed by atoms with Crippen molar-refractivity contribution < 1.29 is 10.2 Å². The van der Waals surface area contributed by atoms with Gasteiger partial charge in [-0.3, -0.25) is 4.90 Å². The fraction of sp³-hybridized carbons (Fsp3) is 1.00. The third-order valence-corrected chi connectivity index (χ3v) is 3.34. The predicted molar refractivity (Wildman–Crippen MR) is 61.8 cm³/mol. The fourth-order valence-electron chi connectivity index (χ4n) is 2.46. The van der Waals surface area contributed by atoms with Crippen LogP contribution in [0.1, 0.15) is 39.0 Å². The number of aliphatic hydroxyl groups excluding tert-OH is 2. The summed E-state index contributed by atoms with van der Waals surface area (Å²) in [4.78, 5) is 2.36. The van der Waals surface area contributed by atoms with Gasteiger partial charge in [-0.05, 0) is 18.8 Å². The zero-order valence-electron chi connectivity index (χ0n) is 9.86. The van der Waals surface area contributed by atoms with E-state index in [0.717, 1.165) is 13.1 Å². The molecule has 0 spiro atoms. The summed E-state index contributed by atoms with van der Waals surface area (Å²) in [6.07, 6.45) is 6.52. The molecule has 0 saturated heterocycles. The van der Waals surface area contributed by atoms with Gasteiger partial charge < -0.3 is 10.2 Å². The molecule has 0 amide bonds. The largest absolute Gasteiger partial charge is 0.396 e. The molecule has 2 N–H and O–H groups in total. The van der Waals surface area contributed by atoms with Gasteiger partial charge in [0.15, 0.2) is 0 Å². The Morgan fingerprint density at radius 1 is 1.20 bits per heavy atom. The van der Waals surface area contributed by atoms with Crippen LogP contribution in [-0.2, 0) is 0 Å². The Morgan fingerprint density at radius 3 is 2.40 bits per heavy atom. The van der Waals surface area contributed by atoms with E-state index in [1.54, 1.807) is 0 Å². The van der Waals surface area contributed by atoms with Gasteiger partial charge in [0.25, 0.3) is 0 Å². The summed E-state index contributed by atoms with van der Waals surface area (Å²) in [6.45, 7) is 4.22. The van der Waals surface area contributed by atoms with Gasteiger partial charge in [-0.2, -0.15) is 0 Å². The van der Waals surface area contributed by atoms with Gasteiger partial charge in [-0.25, -0.2) is 0 Å². The summed E-state index contributed by atoms with van der Waals surface area (Å²) in [5.74, 6) is 0.318. The first-order chi connectivity index (χ1) is 7.27. The Kier molecular flexibility index (Phi) is 6.22. The van der Waals surface area contributed by atoms with E-state index in [1.807, 2.05) is 0 Å². The molecule has 3 heteroatoms. The first kappa shape index (κ1) is 12.9. The van der Waals surface area contributed by atoms with Gasteiger partial charge in [0.1, 0.15) is 0 Å². The van der Waals surface area contributed by atoms with Crippen molar-refractivity contribution in [3.8, 4) is 0 Å². The second kappa shape index (κ2) is 7.20. The van der Waals surface area contributed by atoms with E-state index < -0.39 is 0 Å². The van der Waals surface area contributed by atoms with Crippen molar-refractivity contribution in [2.24, 2.45) is 5.92 Å². The predicted octanol–water partition coefficient (Wildman–Crippen LogP) is 1.24. The van der Waals surface area contributed by atoms with Crippen molar-refractivity contribution in [1.82, 2.24) is 4.90 Å². The van der Waals surface area contributed by atoms with Crippen LogP contribution in [0, 0.1) is 5.92 Å². The summed E-state index contributed by atoms with van der Waals surface area (Å²) in [5, 5.41) is 18.1. The third kappa shape index (κ3) is 4.49. The maximum atomic E-state index is 9.06. The van der Waals surface area contributed by atoms with Crippen molar-refractivity contribution in [2.75, 3.05) is 26.3 Å². The normalized spacial score (nSPS) is 20.8. The van der Waals surface area contributed by atoms with Gasteiger partial charge >= 0.3 is 0 Å². The van der Waals surface area contributed by atoms with E-state index >= 15 is 0 Å². The SMILES string of the molecule is CC(CO)CN(CCO)C1CCCCC1. The summed E-state index contributed by atoms with van der Waals surface area (Å²) in [5.41, 5.74) is 0. The number of hydrogen-bond acceptors (Lipinski definition) is 3. The number of rotatable bonds is 6. The van der Waals surface area contributed by atoms with Crippen LogP contribution in [0.3, 0.4) is 0 Å². The third-order valence-electron chi connectivity index (χ3n) is 3.34. The maximum Gasteiger partial charge on any atom is 0.0558 e. The minimum Gasteiger partial charge on any atom is -0.396 e. The molecule has 1 saturated carbocycles. The van der Waals surface area contributed by atoms with Crippen LogP contribution in [0.4, 0.5) is 0 Å². The van der Waals surface area contributed by atoms with Gasteiger partial charge in [0, 0.05) is 25.7 Å². The van der Waals surface area contributed by atoms with Crippen molar-refractivity contribution in [1.29, 1.82) is 0 Å². The Morgan fingerprint density at radius 2 is 1.87 bits per heavy atom. The summed E-state index contributed by atoms with van der Waals surface area (Å²) < 4.78 is 0. The second-order valence-corrected chi connectivity index (χ2v) is 4.80. The Bertz CT molecular complexity index is 158. The Labute approximate surface area is 93.1 Å². The second-order valence-electron chi connectivity index (χ2n) is 4.80. The standard InChI is InChI=1S/C12H25NO2/c1-11(10-15)9-13(7-8-14)12-5-3-2-4-6-12/h11-12,14-15H,2-10H2,1H3. The quantitative estimate of drug-likeness (QED) is 0.700. The topological polar surface area (TPSA) is 43.7 Å². The molecule has 3 nitrogen and oxygen atoms in total. The molecule has 15 heavy (non-hydrogen) atoms. The highest BCUT2D eigenvalue weighted by Crippen LogP contribution is 2.23. The zero-order valence-corrected chi connectivity index (χ0v) is 9.86. The van der Waals surface area contributed by atoms with E-state index in [-0.39, 0.29) is 13.2 Å². The van der Waals surface area contributed by atoms with Crippen LogP contribution in [0.2, 0.25) is 0 Å². The smallest absolute Gasteiger partial charge is 0.0558 e. The monoisotopic (exact) mass is 215 g/mol. The molecule has 0 aromatic rings. The molecule has 1 rings (SSSR count). The van der Waals surface area contributed by atoms with Gasteiger partial charge in [0.2, 0.25) is 0 Å². The summed E-state index contributed by atoms with van der Waals surface area (Å²) >= 11 is 0. The minimum atomic E-state index is 0.231. The van der Waals surface area contributed by atoms with Crippen LogP contribution in [0.25, 0.3) is 0 Å². The molecular formula is C12H25NO2. The van der Waals surface area contributed by atoms with Crippen molar-refractivity contribution in [3.63, 3.8) is 0 Å². The highest BCUT2D eigenvalue weighted by molar-refractivity contribution is 4.76. The van der Waals surface area contributed by atoms with E-state index in [0.29, 0.717) is 12.0 Å². The van der Waals surface area contributed by atoms with E-state index in [2.05, 4.69) is 11.8 Å². The van der Waals surface area contributed by atoms with Crippen LogP contribution in [0.5, 0.6) is 0 Å². The summed E-state index contributed by atoms with van der Waals surface area (Å²) in [6, 6.07) is 0.639. The number of aliphatic hydroxyl groups is 2. The lowest BCUT2D eigenvalue weighted by molar-refractivity contribution is 0.0930. The minimum absolute atomic E-state index is 0.231. The molecule has 1 aliphatic carbocycles. The van der Waals surface area contributed by atoms with Crippen molar-refractivity contribution >= 4 is 0 Å². The van der Waals surface area contributed by atoms with Gasteiger partial charge in [0.05, 0.1) is 6.61 Å². The van der Waals surface area contributed by atoms with E-state index in [9.17, 15) is 0 Å². The van der Waals surface area contributed by atoms with Gasteiger partial charge in [-0.1, -0.05) is 26.2 Å². The molecule has 0 heterocycles. The summed E-state index contributed by atoms with van der Waals surface area (Å²) in [7, 11) is 0. The van der Waals surface area contributed by atoms with Crippen LogP contribution < -0.4 is 0 Å². The van der Waals surface area contributed by atoms with Crippen LogP contribution in [0.15, 0.2) is 0 Å². The molecule has 0 aliphatic heterocycles. The highest BCUT2D eigenvalue weighted by atomic mass is 16.3. The molecule has 0 radical (unpaired) electrons. The average Bonchev–Trinajstić information content (AvgIpc) is 2.29. The molecule has 0 aromatic carbocycles. The van der Waals surface area contributed by atoms with E-state index in [4.69, 9.17) is 10.2 Å². The lowest BCUT2D eigenvalue weighted by Gasteiger charge is -2.35. The molecule has 1 atom stereocenters. The lowest BCUT2D eigenvalue weighted by Crippen LogP contribution is -2.41. The Balaban J connectivity index is 2.39. The zero-order chi connectivity index (χ0) is 11.1. The average molecular weight is 215 g/mol. The van der Waals surface area contributed by atoms with Gasteiger partial charge in [-0.15, -0.1) is 0 Å². The molecule has 0 bridgehead atoms. The first-order valence-corrected chi connectivity index (χ1v) is 6.23. The first-order valence-electron chi connectivity index (χ1n) is 6.23. The molecule has 1 fully saturated rings. The van der Waals surface area contributed by atoms with E-state index in [1.165, 1.54) is 32.1 Å². The maximum absolute atomic E-state index is 9.06. The highest BCUT2D eigenvalue weighted by Gasteiger charge is 2.21. The lowest BCUT2D eigenvalue weighted by atomic mass is 9.93. The molecular weight excluding hydrogens is 190 g/mol. The Hall–Kier alpha value is -0.120.